The van der Waals surface area contributed by atoms with Crippen LogP contribution in [0.2, 0.25) is 15.1 Å². The first kappa shape index (κ1) is 16.8. The van der Waals surface area contributed by atoms with Crippen LogP contribution >= 0.6 is 34.8 Å². The number of halogens is 4. The molecule has 0 aliphatic heterocycles. The maximum atomic E-state index is 14.3. The van der Waals surface area contributed by atoms with Gasteiger partial charge in [-0.25, -0.2) is 4.39 Å². The normalized spacial score (nSPS) is 11.0. The van der Waals surface area contributed by atoms with E-state index < -0.39 is 11.6 Å². The maximum Gasteiger partial charge on any atom is 0.242 e. The van der Waals surface area contributed by atoms with Gasteiger partial charge in [-0.3, -0.25) is 9.59 Å². The minimum atomic E-state index is -0.837. The zero-order valence-corrected chi connectivity index (χ0v) is 14.1. The lowest BCUT2D eigenvalue weighted by Crippen LogP contribution is -2.10. The van der Waals surface area contributed by atoms with Crippen molar-refractivity contribution in [1.29, 1.82) is 0 Å². The van der Waals surface area contributed by atoms with Gasteiger partial charge >= 0.3 is 0 Å². The van der Waals surface area contributed by atoms with Gasteiger partial charge in [-0.1, -0.05) is 34.8 Å². The minimum absolute atomic E-state index is 0.0226. The van der Waals surface area contributed by atoms with Crippen LogP contribution in [-0.4, -0.2) is 16.6 Å². The Morgan fingerprint density at radius 2 is 1.75 bits per heavy atom. The number of rotatable bonds is 3. The molecule has 0 saturated carbocycles. The number of carbonyl (C=O) groups is 2. The van der Waals surface area contributed by atoms with Crippen molar-refractivity contribution in [1.82, 2.24) is 4.57 Å². The molecule has 0 aliphatic rings. The molecule has 0 saturated heterocycles. The van der Waals surface area contributed by atoms with Gasteiger partial charge in [0.15, 0.2) is 6.29 Å². The molecular formula is C16H8Cl3FN2O2. The van der Waals surface area contributed by atoms with Gasteiger partial charge in [-0.2, -0.15) is 0 Å². The highest BCUT2D eigenvalue weighted by atomic mass is 35.5. The summed E-state index contributed by atoms with van der Waals surface area (Å²) in [7, 11) is 0. The predicted octanol–water partition coefficient (Wildman–Crippen LogP) is 4.69. The number of fused-ring (bicyclic) bond motifs is 1. The second-order valence-corrected chi connectivity index (χ2v) is 6.23. The molecule has 0 unspecified atom stereocenters. The molecule has 3 aromatic rings. The van der Waals surface area contributed by atoms with E-state index in [0.717, 1.165) is 6.07 Å². The number of hydrogen-bond donors (Lipinski definition) is 1. The number of aldehydes is 1. The van der Waals surface area contributed by atoms with Crippen LogP contribution in [0.1, 0.15) is 10.5 Å². The fraction of sp³-hybridized carbons (Fsp3) is 0. The third kappa shape index (κ3) is 2.65. The van der Waals surface area contributed by atoms with Crippen molar-refractivity contribution in [3.05, 3.63) is 57.0 Å². The molecule has 2 N–H and O–H groups in total. The van der Waals surface area contributed by atoms with Gasteiger partial charge in [0.25, 0.3) is 0 Å². The van der Waals surface area contributed by atoms with Crippen molar-refractivity contribution in [2.45, 2.75) is 0 Å². The van der Waals surface area contributed by atoms with Gasteiger partial charge in [-0.05, 0) is 24.3 Å². The van der Waals surface area contributed by atoms with E-state index >= 15 is 0 Å². The Labute approximate surface area is 150 Å². The van der Waals surface area contributed by atoms with Gasteiger partial charge in [0.1, 0.15) is 11.5 Å². The third-order valence-electron chi connectivity index (χ3n) is 3.52. The van der Waals surface area contributed by atoms with Crippen LogP contribution in [0.15, 0.2) is 30.5 Å². The van der Waals surface area contributed by atoms with E-state index in [1.165, 1.54) is 29.0 Å². The average molecular weight is 386 g/mol. The van der Waals surface area contributed by atoms with Crippen molar-refractivity contribution >= 4 is 63.3 Å². The molecule has 1 aromatic heterocycles. The summed E-state index contributed by atoms with van der Waals surface area (Å²) in [6.07, 6.45) is 1.62. The standard InChI is InChI=1S/C16H8Cl3FN2O2/c17-9-1-7-5-22(14-4-13(21)11(19)3-12(14)20)16(15(24)6-23)8(7)2-10(9)18/h1-6H,21H2. The summed E-state index contributed by atoms with van der Waals surface area (Å²) in [5.74, 6) is -1.54. The van der Waals surface area contributed by atoms with Crippen LogP contribution in [0.4, 0.5) is 10.1 Å². The number of carbonyl (C=O) groups excluding carboxylic acids is 2. The summed E-state index contributed by atoms with van der Waals surface area (Å²) in [5.41, 5.74) is 5.79. The highest BCUT2D eigenvalue weighted by molar-refractivity contribution is 6.43. The van der Waals surface area contributed by atoms with Crippen molar-refractivity contribution < 1.29 is 14.0 Å². The lowest BCUT2D eigenvalue weighted by molar-refractivity contribution is -0.104. The first-order valence-electron chi connectivity index (χ1n) is 6.58. The van der Waals surface area contributed by atoms with Gasteiger partial charge in [0.2, 0.25) is 5.78 Å². The number of hydrogen-bond acceptors (Lipinski definition) is 3. The first-order chi connectivity index (χ1) is 11.3. The molecule has 4 nitrogen and oxygen atoms in total. The summed E-state index contributed by atoms with van der Waals surface area (Å²) >= 11 is 17.8. The smallest absolute Gasteiger partial charge is 0.242 e. The van der Waals surface area contributed by atoms with Crippen LogP contribution in [-0.2, 0) is 4.79 Å². The molecule has 8 heteroatoms. The molecule has 0 amide bonds. The predicted molar refractivity (Wildman–Crippen MR) is 93.1 cm³/mol. The fourth-order valence-electron chi connectivity index (χ4n) is 2.44. The highest BCUT2D eigenvalue weighted by Gasteiger charge is 2.21. The van der Waals surface area contributed by atoms with Gasteiger partial charge in [-0.15, -0.1) is 0 Å². The van der Waals surface area contributed by atoms with E-state index in [1.807, 2.05) is 0 Å². The Bertz CT molecular complexity index is 1010. The van der Waals surface area contributed by atoms with E-state index in [-0.39, 0.29) is 38.4 Å². The van der Waals surface area contributed by atoms with E-state index in [2.05, 4.69) is 0 Å². The van der Waals surface area contributed by atoms with Crippen LogP contribution in [0.25, 0.3) is 16.5 Å². The molecule has 0 radical (unpaired) electrons. The Morgan fingerprint density at radius 1 is 1.08 bits per heavy atom. The number of anilines is 1. The zero-order chi connectivity index (χ0) is 17.6. The molecule has 0 aliphatic carbocycles. The highest BCUT2D eigenvalue weighted by Crippen LogP contribution is 2.34. The van der Waals surface area contributed by atoms with Crippen LogP contribution in [0.3, 0.4) is 0 Å². The molecule has 3 rings (SSSR count). The van der Waals surface area contributed by atoms with E-state index in [4.69, 9.17) is 40.5 Å². The summed E-state index contributed by atoms with van der Waals surface area (Å²) in [4.78, 5) is 23.1. The average Bonchev–Trinajstić information content (AvgIpc) is 2.88. The van der Waals surface area contributed by atoms with E-state index in [9.17, 15) is 14.0 Å². The minimum Gasteiger partial charge on any atom is -0.397 e. The Kier molecular flexibility index (Phi) is 4.25. The van der Waals surface area contributed by atoms with Crippen molar-refractivity contribution in [2.75, 3.05) is 5.73 Å². The van der Waals surface area contributed by atoms with Crippen LogP contribution in [0, 0.1) is 5.82 Å². The lowest BCUT2D eigenvalue weighted by Gasteiger charge is -2.10. The number of nitrogen functional groups attached to an aromatic ring is 1. The molecule has 24 heavy (non-hydrogen) atoms. The molecular weight excluding hydrogens is 378 g/mol. The zero-order valence-electron chi connectivity index (χ0n) is 11.8. The van der Waals surface area contributed by atoms with Crippen molar-refractivity contribution in [3.8, 4) is 5.69 Å². The number of nitrogens with two attached hydrogens (primary N) is 1. The summed E-state index contributed by atoms with van der Waals surface area (Å²) in [6, 6.07) is 5.28. The Balaban J connectivity index is 2.42. The number of Topliss-reactive ketones (excluding diaryl/α,β-unsaturated/α-hetero) is 1. The van der Waals surface area contributed by atoms with Crippen molar-refractivity contribution in [2.24, 2.45) is 0 Å². The summed E-state index contributed by atoms with van der Waals surface area (Å²) in [5, 5.41) is 1.40. The first-order valence-corrected chi connectivity index (χ1v) is 7.71. The maximum absolute atomic E-state index is 14.3. The summed E-state index contributed by atoms with van der Waals surface area (Å²) in [6.45, 7) is 0. The largest absolute Gasteiger partial charge is 0.397 e. The number of ketones is 1. The molecule has 0 spiro atoms. The van der Waals surface area contributed by atoms with Crippen molar-refractivity contribution in [3.63, 3.8) is 0 Å². The molecule has 0 atom stereocenters. The lowest BCUT2D eigenvalue weighted by atomic mass is 10.1. The molecule has 1 heterocycles. The molecule has 2 aromatic carbocycles. The Hall–Kier alpha value is -2.08. The third-order valence-corrected chi connectivity index (χ3v) is 4.57. The van der Waals surface area contributed by atoms with Crippen LogP contribution < -0.4 is 5.73 Å². The molecule has 0 bridgehead atoms. The number of benzene rings is 2. The quantitative estimate of drug-likeness (QED) is 0.308. The van der Waals surface area contributed by atoms with Crippen LogP contribution in [0.5, 0.6) is 0 Å². The van der Waals surface area contributed by atoms with Gasteiger partial charge in [0.05, 0.1) is 26.4 Å². The SMILES string of the molecule is Nc1cc(-n2cc3cc(Cl)c(Cl)cc3c2C(=O)C=O)c(F)cc1Cl. The molecule has 0 fully saturated rings. The number of aromatic nitrogens is 1. The fourth-order valence-corrected chi connectivity index (χ4v) is 2.93. The monoisotopic (exact) mass is 384 g/mol. The van der Waals surface area contributed by atoms with Gasteiger partial charge < -0.3 is 10.3 Å². The van der Waals surface area contributed by atoms with E-state index in [0.29, 0.717) is 10.8 Å². The summed E-state index contributed by atoms with van der Waals surface area (Å²) < 4.78 is 15.6. The second kappa shape index (κ2) is 6.09. The topological polar surface area (TPSA) is 65.1 Å². The molecule has 122 valence electrons. The van der Waals surface area contributed by atoms with E-state index in [1.54, 1.807) is 0 Å². The Morgan fingerprint density at radius 3 is 2.42 bits per heavy atom. The second-order valence-electron chi connectivity index (χ2n) is 5.01. The number of nitrogens with zero attached hydrogens (tertiary/aromatic N) is 1. The van der Waals surface area contributed by atoms with Gasteiger partial charge in [0, 0.05) is 17.0 Å².